The molecule has 3 aliphatic rings. The van der Waals surface area contributed by atoms with E-state index in [9.17, 15) is 9.59 Å². The Hall–Kier alpha value is -1.88. The molecule has 1 aromatic carbocycles. The largest absolute Gasteiger partial charge is 0.352 e. The van der Waals surface area contributed by atoms with Crippen LogP contribution >= 0.6 is 0 Å². The molecule has 140 valence electrons. The number of nitrogens with one attached hydrogen (secondary N) is 2. The lowest BCUT2D eigenvalue weighted by Gasteiger charge is -2.34. The Morgan fingerprint density at radius 2 is 1.96 bits per heavy atom. The van der Waals surface area contributed by atoms with Crippen molar-refractivity contribution < 1.29 is 9.59 Å². The van der Waals surface area contributed by atoms with Gasteiger partial charge < -0.3 is 15.5 Å². The third kappa shape index (κ3) is 3.63. The molecule has 2 amide bonds. The molecule has 0 aromatic heterocycles. The predicted molar refractivity (Wildman–Crippen MR) is 101 cm³/mol. The topological polar surface area (TPSA) is 61.4 Å². The molecule has 2 heterocycles. The van der Waals surface area contributed by atoms with Crippen molar-refractivity contribution in [3.63, 3.8) is 0 Å². The Balaban J connectivity index is 1.28. The van der Waals surface area contributed by atoms with E-state index in [2.05, 4.69) is 15.5 Å². The van der Waals surface area contributed by atoms with E-state index in [-0.39, 0.29) is 11.8 Å². The van der Waals surface area contributed by atoms with Crippen LogP contribution in [0.25, 0.3) is 0 Å². The molecule has 0 bridgehead atoms. The van der Waals surface area contributed by atoms with E-state index in [1.165, 1.54) is 0 Å². The first-order valence-electron chi connectivity index (χ1n) is 10.0. The average molecular weight is 355 g/mol. The number of piperidine rings is 2. The van der Waals surface area contributed by atoms with Crippen LogP contribution in [-0.4, -0.2) is 49.4 Å². The smallest absolute Gasteiger partial charge is 0.251 e. The summed E-state index contributed by atoms with van der Waals surface area (Å²) >= 11 is 0. The number of carbonyl (C=O) groups is 2. The van der Waals surface area contributed by atoms with Gasteiger partial charge in [-0.1, -0.05) is 18.2 Å². The molecular weight excluding hydrogens is 326 g/mol. The standard InChI is InChI=1S/C21H29N3O2/c25-19(17-6-2-1-3-7-17)23-14-16-5-4-12-24(15-16)20(26)18-13-21(18)8-10-22-11-9-21/h1-3,6-7,16,18,22H,4-5,8-15H2,(H,23,25). The van der Waals surface area contributed by atoms with Crippen LogP contribution in [0.15, 0.2) is 30.3 Å². The zero-order valence-corrected chi connectivity index (χ0v) is 15.4. The van der Waals surface area contributed by atoms with Gasteiger partial charge in [0.25, 0.3) is 5.91 Å². The Bertz CT molecular complexity index is 654. The Labute approximate surface area is 155 Å². The molecule has 4 rings (SSSR count). The number of carbonyl (C=O) groups excluding carboxylic acids is 2. The maximum Gasteiger partial charge on any atom is 0.251 e. The van der Waals surface area contributed by atoms with Crippen molar-refractivity contribution in [1.82, 2.24) is 15.5 Å². The SMILES string of the molecule is O=C(NCC1CCCN(C(=O)C2CC23CCNCC3)C1)c1ccccc1. The average Bonchev–Trinajstić information content (AvgIpc) is 3.39. The second-order valence-electron chi connectivity index (χ2n) is 8.24. The third-order valence-corrected chi connectivity index (χ3v) is 6.51. The molecule has 1 saturated carbocycles. The first-order valence-corrected chi connectivity index (χ1v) is 10.0. The van der Waals surface area contributed by atoms with E-state index in [1.807, 2.05) is 30.3 Å². The fraction of sp³-hybridized carbons (Fsp3) is 0.619. The van der Waals surface area contributed by atoms with Crippen LogP contribution in [0.2, 0.25) is 0 Å². The molecule has 1 aromatic rings. The monoisotopic (exact) mass is 355 g/mol. The first-order chi connectivity index (χ1) is 12.7. The van der Waals surface area contributed by atoms with E-state index in [0.717, 1.165) is 58.3 Å². The summed E-state index contributed by atoms with van der Waals surface area (Å²) in [5.41, 5.74) is 0.999. The number of likely N-dealkylation sites (tertiary alicyclic amines) is 1. The minimum Gasteiger partial charge on any atom is -0.352 e. The minimum atomic E-state index is -0.0232. The predicted octanol–water partition coefficient (Wildman–Crippen LogP) is 2.04. The summed E-state index contributed by atoms with van der Waals surface area (Å²) in [6.45, 7) is 4.43. The molecule has 2 saturated heterocycles. The highest BCUT2D eigenvalue weighted by Gasteiger charge is 2.58. The van der Waals surface area contributed by atoms with Crippen molar-refractivity contribution in [2.24, 2.45) is 17.3 Å². The molecule has 0 radical (unpaired) electrons. The van der Waals surface area contributed by atoms with Gasteiger partial charge in [0.05, 0.1) is 0 Å². The summed E-state index contributed by atoms with van der Waals surface area (Å²) in [5, 5.41) is 6.45. The van der Waals surface area contributed by atoms with Gasteiger partial charge in [0.15, 0.2) is 0 Å². The molecule has 3 fully saturated rings. The summed E-state index contributed by atoms with van der Waals surface area (Å²) in [4.78, 5) is 27.3. The van der Waals surface area contributed by atoms with Gasteiger partial charge in [-0.25, -0.2) is 0 Å². The van der Waals surface area contributed by atoms with Crippen LogP contribution in [0.3, 0.4) is 0 Å². The van der Waals surface area contributed by atoms with Crippen molar-refractivity contribution in [3.8, 4) is 0 Å². The summed E-state index contributed by atoms with van der Waals surface area (Å²) in [7, 11) is 0. The molecule has 2 aliphatic heterocycles. The highest BCUT2D eigenvalue weighted by atomic mass is 16.2. The van der Waals surface area contributed by atoms with Gasteiger partial charge in [-0.15, -0.1) is 0 Å². The summed E-state index contributed by atoms with van der Waals surface area (Å²) in [6, 6.07) is 9.33. The number of benzene rings is 1. The molecule has 1 aliphatic carbocycles. The minimum absolute atomic E-state index is 0.0232. The summed E-state index contributed by atoms with van der Waals surface area (Å²) < 4.78 is 0. The van der Waals surface area contributed by atoms with Gasteiger partial charge in [0.1, 0.15) is 0 Å². The van der Waals surface area contributed by atoms with Crippen LogP contribution in [0, 0.1) is 17.3 Å². The first kappa shape index (κ1) is 17.5. The van der Waals surface area contributed by atoms with Gasteiger partial charge >= 0.3 is 0 Å². The zero-order chi connectivity index (χ0) is 18.0. The van der Waals surface area contributed by atoms with Crippen molar-refractivity contribution in [3.05, 3.63) is 35.9 Å². The van der Waals surface area contributed by atoms with E-state index in [1.54, 1.807) is 0 Å². The van der Waals surface area contributed by atoms with Crippen molar-refractivity contribution in [2.45, 2.75) is 32.1 Å². The number of rotatable bonds is 4. The summed E-state index contributed by atoms with van der Waals surface area (Å²) in [6.07, 6.45) is 5.50. The number of amides is 2. The van der Waals surface area contributed by atoms with Crippen molar-refractivity contribution >= 4 is 11.8 Å². The zero-order valence-electron chi connectivity index (χ0n) is 15.4. The highest BCUT2D eigenvalue weighted by Crippen LogP contribution is 2.59. The lowest BCUT2D eigenvalue weighted by atomic mass is 9.91. The Kier molecular flexibility index (Phi) is 4.98. The van der Waals surface area contributed by atoms with Crippen LogP contribution in [0.4, 0.5) is 0 Å². The van der Waals surface area contributed by atoms with Gasteiger partial charge in [0, 0.05) is 31.1 Å². The fourth-order valence-electron chi connectivity index (χ4n) is 4.75. The lowest BCUT2D eigenvalue weighted by Crippen LogP contribution is -2.45. The summed E-state index contributed by atoms with van der Waals surface area (Å²) in [5.74, 6) is 0.959. The molecule has 1 spiro atoms. The number of nitrogens with zero attached hydrogens (tertiary/aromatic N) is 1. The highest BCUT2D eigenvalue weighted by molar-refractivity contribution is 5.94. The molecule has 2 unspecified atom stereocenters. The maximum absolute atomic E-state index is 13.0. The second-order valence-corrected chi connectivity index (χ2v) is 8.24. The van der Waals surface area contributed by atoms with Gasteiger partial charge in [-0.05, 0) is 68.7 Å². The normalized spacial score (nSPS) is 27.2. The van der Waals surface area contributed by atoms with Crippen LogP contribution in [0.1, 0.15) is 42.5 Å². The molecule has 5 nitrogen and oxygen atoms in total. The number of hydrogen-bond acceptors (Lipinski definition) is 3. The molecule has 2 N–H and O–H groups in total. The molecular formula is C21H29N3O2. The molecule has 5 heteroatoms. The van der Waals surface area contributed by atoms with E-state index >= 15 is 0 Å². The van der Waals surface area contributed by atoms with E-state index in [4.69, 9.17) is 0 Å². The van der Waals surface area contributed by atoms with Gasteiger partial charge in [-0.2, -0.15) is 0 Å². The van der Waals surface area contributed by atoms with Crippen LogP contribution in [-0.2, 0) is 4.79 Å². The van der Waals surface area contributed by atoms with Crippen LogP contribution < -0.4 is 10.6 Å². The molecule has 26 heavy (non-hydrogen) atoms. The van der Waals surface area contributed by atoms with Gasteiger partial charge in [-0.3, -0.25) is 9.59 Å². The van der Waals surface area contributed by atoms with Gasteiger partial charge in [0.2, 0.25) is 5.91 Å². The second kappa shape index (κ2) is 7.39. The van der Waals surface area contributed by atoms with E-state index < -0.39 is 0 Å². The number of hydrogen-bond donors (Lipinski definition) is 2. The van der Waals surface area contributed by atoms with Crippen LogP contribution in [0.5, 0.6) is 0 Å². The lowest BCUT2D eigenvalue weighted by molar-refractivity contribution is -0.135. The fourth-order valence-corrected chi connectivity index (χ4v) is 4.75. The third-order valence-electron chi connectivity index (χ3n) is 6.51. The maximum atomic E-state index is 13.0. The Morgan fingerprint density at radius 3 is 2.73 bits per heavy atom. The van der Waals surface area contributed by atoms with E-state index in [0.29, 0.717) is 29.3 Å². The van der Waals surface area contributed by atoms with Crippen molar-refractivity contribution in [2.75, 3.05) is 32.7 Å². The van der Waals surface area contributed by atoms with Crippen molar-refractivity contribution in [1.29, 1.82) is 0 Å². The molecule has 2 atom stereocenters. The Morgan fingerprint density at radius 1 is 1.19 bits per heavy atom. The quantitative estimate of drug-likeness (QED) is 0.869.